The van der Waals surface area contributed by atoms with Crippen molar-refractivity contribution in [2.45, 2.75) is 25.8 Å². The van der Waals surface area contributed by atoms with E-state index in [0.29, 0.717) is 17.1 Å². The van der Waals surface area contributed by atoms with Crippen LogP contribution in [-0.4, -0.2) is 47.7 Å². The number of benzene rings is 1. The lowest BCUT2D eigenvalue weighted by molar-refractivity contribution is 0.312. The van der Waals surface area contributed by atoms with Gasteiger partial charge in [-0.2, -0.15) is 0 Å². The molecule has 2 aliphatic carbocycles. The van der Waals surface area contributed by atoms with Gasteiger partial charge in [-0.05, 0) is 33.4 Å². The number of rotatable bonds is 2. The molecule has 178 valence electrons. The summed E-state index contributed by atoms with van der Waals surface area (Å²) in [6, 6.07) is 13.9. The maximum Gasteiger partial charge on any atom is 0.195 e. The first-order valence-corrected chi connectivity index (χ1v) is 12.0. The normalized spacial score (nSPS) is 23.4. The Morgan fingerprint density at radius 3 is 2.44 bits per heavy atom. The zero-order chi connectivity index (χ0) is 23.9. The van der Waals surface area contributed by atoms with Crippen molar-refractivity contribution in [3.63, 3.8) is 0 Å². The molecule has 6 nitrogen and oxygen atoms in total. The molecule has 3 aromatic rings. The van der Waals surface area contributed by atoms with Crippen LogP contribution in [0.3, 0.4) is 0 Å². The molecule has 3 heterocycles. The van der Waals surface area contributed by atoms with Gasteiger partial charge < -0.3 is 20.1 Å². The number of nitrogens with two attached hydrogens (primary N) is 1. The highest BCUT2D eigenvalue weighted by atomic mass is 16.1. The second-order valence-electron chi connectivity index (χ2n) is 9.74. The standard InChI is InChI=1S/C21H25N5O.C7H8.H2/c1-14-11-16-19(20(23-14)25-9-7-24(2)8-10-25)17(27)12-18(22)26(16)21-6-4-3-5-15(21)13-21;1-7-5-3-2-4-6-7;/h3-6,11-12,15H,7-10,13,22H2,1-2H3;2-6H,1H3;1H. The van der Waals surface area contributed by atoms with Crippen LogP contribution in [0, 0.1) is 19.8 Å². The van der Waals surface area contributed by atoms with E-state index in [-0.39, 0.29) is 12.4 Å². The molecule has 34 heavy (non-hydrogen) atoms. The summed E-state index contributed by atoms with van der Waals surface area (Å²) in [6.45, 7) is 7.78. The number of hydrogen-bond acceptors (Lipinski definition) is 5. The second kappa shape index (κ2) is 8.76. The SMILES string of the molecule is Cc1cc2c(c(N3CCN(C)CC3)n1)c(=O)cc(N)n2C12C=CC=CC1C2.Cc1ccccc1.[HH]. The van der Waals surface area contributed by atoms with Crippen LogP contribution >= 0.6 is 0 Å². The van der Waals surface area contributed by atoms with Crippen LogP contribution in [0.2, 0.25) is 0 Å². The van der Waals surface area contributed by atoms with Crippen molar-refractivity contribution in [2.75, 3.05) is 43.9 Å². The van der Waals surface area contributed by atoms with Crippen molar-refractivity contribution in [1.82, 2.24) is 14.5 Å². The van der Waals surface area contributed by atoms with E-state index < -0.39 is 0 Å². The summed E-state index contributed by atoms with van der Waals surface area (Å²) in [4.78, 5) is 22.3. The minimum atomic E-state index is -0.141. The van der Waals surface area contributed by atoms with E-state index in [9.17, 15) is 4.79 Å². The molecule has 0 amide bonds. The lowest BCUT2D eigenvalue weighted by Gasteiger charge is -2.34. The number of pyridine rings is 2. The first-order valence-electron chi connectivity index (χ1n) is 12.0. The number of hydrogen-bond donors (Lipinski definition) is 1. The van der Waals surface area contributed by atoms with Crippen LogP contribution in [0.4, 0.5) is 11.6 Å². The fourth-order valence-electron chi connectivity index (χ4n) is 5.18. The number of fused-ring (bicyclic) bond motifs is 2. The minimum absolute atomic E-state index is 0. The Balaban J connectivity index is 0.000000313. The summed E-state index contributed by atoms with van der Waals surface area (Å²) >= 11 is 0. The highest BCUT2D eigenvalue weighted by molar-refractivity contribution is 5.92. The van der Waals surface area contributed by atoms with Gasteiger partial charge in [0.1, 0.15) is 11.6 Å². The summed E-state index contributed by atoms with van der Waals surface area (Å²) in [5.41, 5.74) is 9.36. The summed E-state index contributed by atoms with van der Waals surface area (Å²) in [5, 5.41) is 0.697. The predicted molar refractivity (Wildman–Crippen MR) is 143 cm³/mol. The molecule has 2 aromatic heterocycles. The number of nitrogens with zero attached hydrogens (tertiary/aromatic N) is 4. The van der Waals surface area contributed by atoms with Gasteiger partial charge in [-0.15, -0.1) is 0 Å². The first-order chi connectivity index (χ1) is 16.4. The van der Waals surface area contributed by atoms with Crippen molar-refractivity contribution in [2.24, 2.45) is 5.92 Å². The Bertz CT molecular complexity index is 1320. The Hall–Kier alpha value is -3.38. The number of piperazine rings is 1. The number of anilines is 2. The molecule has 1 saturated carbocycles. The lowest BCUT2D eigenvalue weighted by atomic mass is 10.1. The maximum absolute atomic E-state index is 13.0. The molecule has 0 spiro atoms. The smallest absolute Gasteiger partial charge is 0.195 e. The van der Waals surface area contributed by atoms with E-state index in [4.69, 9.17) is 10.7 Å². The van der Waals surface area contributed by atoms with E-state index in [2.05, 4.69) is 64.8 Å². The predicted octanol–water partition coefficient (Wildman–Crippen LogP) is 4.12. The van der Waals surface area contributed by atoms with Gasteiger partial charge in [0, 0.05) is 45.3 Å². The van der Waals surface area contributed by atoms with Crippen LogP contribution in [-0.2, 0) is 5.54 Å². The first kappa shape index (κ1) is 22.4. The summed E-state index contributed by atoms with van der Waals surface area (Å²) < 4.78 is 2.17. The third-order valence-corrected chi connectivity index (χ3v) is 7.16. The molecule has 1 aliphatic heterocycles. The number of likely N-dealkylation sites (N-methyl/N-ethyl adjacent to an activating group) is 1. The molecule has 0 bridgehead atoms. The van der Waals surface area contributed by atoms with Gasteiger partial charge in [-0.1, -0.05) is 60.2 Å². The molecule has 1 aromatic carbocycles. The van der Waals surface area contributed by atoms with E-state index >= 15 is 0 Å². The molecule has 2 unspecified atom stereocenters. The van der Waals surface area contributed by atoms with Gasteiger partial charge in [0.25, 0.3) is 0 Å². The number of allylic oxidation sites excluding steroid dienone is 4. The van der Waals surface area contributed by atoms with Gasteiger partial charge >= 0.3 is 0 Å². The van der Waals surface area contributed by atoms with Gasteiger partial charge in [-0.25, -0.2) is 4.98 Å². The maximum atomic E-state index is 13.0. The summed E-state index contributed by atoms with van der Waals surface area (Å²) in [6.07, 6.45) is 9.66. The van der Waals surface area contributed by atoms with Gasteiger partial charge in [-0.3, -0.25) is 4.79 Å². The van der Waals surface area contributed by atoms with E-state index in [1.807, 2.05) is 31.2 Å². The summed E-state index contributed by atoms with van der Waals surface area (Å²) in [7, 11) is 2.13. The van der Waals surface area contributed by atoms with Gasteiger partial charge in [0.15, 0.2) is 5.43 Å². The number of aromatic nitrogens is 2. The Morgan fingerprint density at radius 1 is 1.06 bits per heavy atom. The third-order valence-electron chi connectivity index (χ3n) is 7.16. The quantitative estimate of drug-likeness (QED) is 0.627. The van der Waals surface area contributed by atoms with Gasteiger partial charge in [0.05, 0.1) is 16.4 Å². The van der Waals surface area contributed by atoms with Crippen molar-refractivity contribution in [3.05, 3.63) is 88.2 Å². The average Bonchev–Trinajstić information content (AvgIpc) is 3.55. The van der Waals surface area contributed by atoms with Crippen LogP contribution in [0.15, 0.2) is 71.6 Å². The van der Waals surface area contributed by atoms with E-state index in [0.717, 1.165) is 49.6 Å². The molecule has 6 heteroatoms. The largest absolute Gasteiger partial charge is 0.385 e. The van der Waals surface area contributed by atoms with Crippen molar-refractivity contribution < 1.29 is 1.43 Å². The molecular formula is C28H35N5O. The molecule has 2 fully saturated rings. The minimum Gasteiger partial charge on any atom is -0.385 e. The average molecular weight is 458 g/mol. The Morgan fingerprint density at radius 2 is 1.79 bits per heavy atom. The zero-order valence-corrected chi connectivity index (χ0v) is 20.2. The van der Waals surface area contributed by atoms with Crippen LogP contribution in [0.25, 0.3) is 10.9 Å². The molecule has 1 saturated heterocycles. The lowest BCUT2D eigenvalue weighted by Crippen LogP contribution is -2.45. The van der Waals surface area contributed by atoms with Crippen molar-refractivity contribution in [3.8, 4) is 0 Å². The highest BCUT2D eigenvalue weighted by Gasteiger charge is 2.54. The van der Waals surface area contributed by atoms with E-state index in [1.54, 1.807) is 6.07 Å². The molecule has 6 rings (SSSR count). The topological polar surface area (TPSA) is 67.4 Å². The van der Waals surface area contributed by atoms with Crippen molar-refractivity contribution >= 4 is 22.5 Å². The second-order valence-corrected chi connectivity index (χ2v) is 9.74. The van der Waals surface area contributed by atoms with Crippen molar-refractivity contribution in [1.29, 1.82) is 0 Å². The highest BCUT2D eigenvalue weighted by Crippen LogP contribution is 2.56. The zero-order valence-electron chi connectivity index (χ0n) is 20.2. The fourth-order valence-corrected chi connectivity index (χ4v) is 5.18. The molecule has 2 N–H and O–H groups in total. The Labute approximate surface area is 202 Å². The molecule has 2 atom stereocenters. The third kappa shape index (κ3) is 4.03. The monoisotopic (exact) mass is 457 g/mol. The Kier molecular flexibility index (Phi) is 5.78. The molecule has 3 aliphatic rings. The summed E-state index contributed by atoms with van der Waals surface area (Å²) in [5.74, 6) is 1.78. The van der Waals surface area contributed by atoms with Crippen LogP contribution in [0.5, 0.6) is 0 Å². The van der Waals surface area contributed by atoms with Crippen LogP contribution in [0.1, 0.15) is 19.1 Å². The fraction of sp³-hybridized carbons (Fsp3) is 0.357. The number of nitrogen functional groups attached to an aromatic ring is 1. The van der Waals surface area contributed by atoms with Gasteiger partial charge in [0.2, 0.25) is 0 Å². The molecule has 0 radical (unpaired) electrons. The number of aryl methyl sites for hydroxylation is 2. The van der Waals surface area contributed by atoms with E-state index in [1.165, 1.54) is 5.56 Å². The molecular weight excluding hydrogens is 422 g/mol. The van der Waals surface area contributed by atoms with Crippen LogP contribution < -0.4 is 16.1 Å².